The lowest BCUT2D eigenvalue weighted by Crippen LogP contribution is -2.01. The van der Waals surface area contributed by atoms with Crippen LogP contribution >= 0.6 is 43.2 Å². The zero-order valence-corrected chi connectivity index (χ0v) is 12.0. The van der Waals surface area contributed by atoms with Gasteiger partial charge in [-0.05, 0) is 37.9 Å². The van der Waals surface area contributed by atoms with Crippen molar-refractivity contribution in [1.82, 2.24) is 0 Å². The molecular formula is C11H7Br2NOS. The predicted octanol–water partition coefficient (Wildman–Crippen LogP) is 4.50. The van der Waals surface area contributed by atoms with E-state index in [2.05, 4.69) is 37.0 Å². The van der Waals surface area contributed by atoms with Crippen LogP contribution < -0.4 is 0 Å². The lowest BCUT2D eigenvalue weighted by Gasteiger charge is -2.02. The van der Waals surface area contributed by atoms with Crippen LogP contribution in [-0.2, 0) is 0 Å². The molecule has 16 heavy (non-hydrogen) atoms. The number of nitrogens with zero attached hydrogens (tertiary/aromatic N) is 1. The molecule has 0 saturated carbocycles. The molecule has 82 valence electrons. The minimum absolute atomic E-state index is 0.572. The van der Waals surface area contributed by atoms with Crippen molar-refractivity contribution in [3.63, 3.8) is 0 Å². The highest BCUT2D eigenvalue weighted by atomic mass is 79.9. The third-order valence-electron chi connectivity index (χ3n) is 2.02. The standard InChI is InChI=1S/C11H7Br2NOS/c12-8-6-9(13)16-11(8)10(14-15)7-4-2-1-3-5-7/h1-6,15H/b14-10+. The molecule has 0 atom stereocenters. The summed E-state index contributed by atoms with van der Waals surface area (Å²) >= 11 is 8.37. The van der Waals surface area contributed by atoms with Crippen LogP contribution in [0.2, 0.25) is 0 Å². The Morgan fingerprint density at radius 2 is 1.88 bits per heavy atom. The van der Waals surface area contributed by atoms with Crippen molar-refractivity contribution in [2.45, 2.75) is 0 Å². The first kappa shape index (κ1) is 11.8. The number of oxime groups is 1. The lowest BCUT2D eigenvalue weighted by molar-refractivity contribution is 0.319. The molecule has 5 heteroatoms. The number of hydrogen-bond acceptors (Lipinski definition) is 3. The van der Waals surface area contributed by atoms with Crippen LogP contribution in [0.15, 0.2) is 49.8 Å². The average Bonchev–Trinajstić information content (AvgIpc) is 2.61. The first-order chi connectivity index (χ1) is 7.72. The molecule has 2 rings (SSSR count). The SMILES string of the molecule is O/N=C(\c1ccccc1)c1sc(Br)cc1Br. The molecule has 0 saturated heterocycles. The summed E-state index contributed by atoms with van der Waals surface area (Å²) in [6.45, 7) is 0. The molecular weight excluding hydrogens is 354 g/mol. The molecule has 0 radical (unpaired) electrons. The number of benzene rings is 1. The van der Waals surface area contributed by atoms with Crippen LogP contribution in [0.5, 0.6) is 0 Å². The van der Waals surface area contributed by atoms with Crippen LogP contribution in [-0.4, -0.2) is 10.9 Å². The van der Waals surface area contributed by atoms with Gasteiger partial charge in [0.15, 0.2) is 0 Å². The zero-order chi connectivity index (χ0) is 11.5. The number of thiophene rings is 1. The van der Waals surface area contributed by atoms with Crippen LogP contribution in [0.1, 0.15) is 10.4 Å². The molecule has 1 aromatic carbocycles. The molecule has 0 bridgehead atoms. The Morgan fingerprint density at radius 3 is 2.38 bits per heavy atom. The molecule has 1 heterocycles. The van der Waals surface area contributed by atoms with E-state index in [9.17, 15) is 0 Å². The second kappa shape index (κ2) is 5.12. The van der Waals surface area contributed by atoms with E-state index in [1.165, 1.54) is 11.3 Å². The molecule has 0 aliphatic rings. The van der Waals surface area contributed by atoms with Gasteiger partial charge in [0.1, 0.15) is 5.71 Å². The van der Waals surface area contributed by atoms with Crippen LogP contribution in [0, 0.1) is 0 Å². The largest absolute Gasteiger partial charge is 0.410 e. The van der Waals surface area contributed by atoms with Crippen molar-refractivity contribution in [2.75, 3.05) is 0 Å². The fourth-order valence-electron chi connectivity index (χ4n) is 1.33. The van der Waals surface area contributed by atoms with E-state index in [-0.39, 0.29) is 0 Å². The van der Waals surface area contributed by atoms with Crippen molar-refractivity contribution in [2.24, 2.45) is 5.16 Å². The van der Waals surface area contributed by atoms with Gasteiger partial charge in [0.2, 0.25) is 0 Å². The van der Waals surface area contributed by atoms with Crippen molar-refractivity contribution in [3.8, 4) is 0 Å². The third kappa shape index (κ3) is 2.36. The van der Waals surface area contributed by atoms with Gasteiger partial charge in [-0.3, -0.25) is 0 Å². The summed E-state index contributed by atoms with van der Waals surface area (Å²) in [7, 11) is 0. The Hall–Kier alpha value is -0.650. The first-order valence-electron chi connectivity index (χ1n) is 4.45. The van der Waals surface area contributed by atoms with Crippen molar-refractivity contribution >= 4 is 48.9 Å². The van der Waals surface area contributed by atoms with Gasteiger partial charge < -0.3 is 5.21 Å². The van der Waals surface area contributed by atoms with E-state index in [0.29, 0.717) is 5.71 Å². The first-order valence-corrected chi connectivity index (χ1v) is 6.85. The normalized spacial score (nSPS) is 11.8. The summed E-state index contributed by atoms with van der Waals surface area (Å²) in [4.78, 5) is 0.903. The summed E-state index contributed by atoms with van der Waals surface area (Å²) < 4.78 is 1.91. The van der Waals surface area contributed by atoms with Crippen molar-refractivity contribution in [1.29, 1.82) is 0 Å². The number of rotatable bonds is 2. The molecule has 2 nitrogen and oxygen atoms in total. The van der Waals surface area contributed by atoms with Gasteiger partial charge in [0.05, 0.1) is 8.66 Å². The van der Waals surface area contributed by atoms with Gasteiger partial charge >= 0.3 is 0 Å². The summed E-state index contributed by atoms with van der Waals surface area (Å²) in [6, 6.07) is 11.5. The molecule has 0 aliphatic carbocycles. The molecule has 0 fully saturated rings. The van der Waals surface area contributed by atoms with Gasteiger partial charge in [-0.2, -0.15) is 0 Å². The highest BCUT2D eigenvalue weighted by molar-refractivity contribution is 9.11. The molecule has 0 amide bonds. The monoisotopic (exact) mass is 359 g/mol. The van der Waals surface area contributed by atoms with Crippen LogP contribution in [0.25, 0.3) is 0 Å². The van der Waals surface area contributed by atoms with E-state index in [0.717, 1.165) is 18.7 Å². The maximum Gasteiger partial charge on any atom is 0.128 e. The minimum atomic E-state index is 0.572. The summed E-state index contributed by atoms with van der Waals surface area (Å²) in [5.74, 6) is 0. The maximum atomic E-state index is 9.13. The second-order valence-corrected chi connectivity index (χ2v) is 6.33. The Kier molecular flexibility index (Phi) is 3.78. The topological polar surface area (TPSA) is 32.6 Å². The van der Waals surface area contributed by atoms with E-state index in [1.54, 1.807) is 0 Å². The molecule has 1 aromatic heterocycles. The Labute approximate surface area is 114 Å². The highest BCUT2D eigenvalue weighted by Gasteiger charge is 2.14. The maximum absolute atomic E-state index is 9.13. The minimum Gasteiger partial charge on any atom is -0.410 e. The fraction of sp³-hybridized carbons (Fsp3) is 0. The smallest absolute Gasteiger partial charge is 0.128 e. The van der Waals surface area contributed by atoms with E-state index < -0.39 is 0 Å². The van der Waals surface area contributed by atoms with Crippen molar-refractivity contribution < 1.29 is 5.21 Å². The summed E-state index contributed by atoms with van der Waals surface area (Å²) in [5.41, 5.74) is 1.46. The number of halogens is 2. The van der Waals surface area contributed by atoms with Gasteiger partial charge in [0, 0.05) is 10.0 Å². The Balaban J connectivity index is 2.50. The summed E-state index contributed by atoms with van der Waals surface area (Å²) in [6.07, 6.45) is 0. The van der Waals surface area contributed by atoms with Crippen LogP contribution in [0.4, 0.5) is 0 Å². The number of hydrogen-bond donors (Lipinski definition) is 1. The van der Waals surface area contributed by atoms with Crippen LogP contribution in [0.3, 0.4) is 0 Å². The van der Waals surface area contributed by atoms with Crippen molar-refractivity contribution in [3.05, 3.63) is 55.1 Å². The Morgan fingerprint density at radius 1 is 1.19 bits per heavy atom. The average molecular weight is 361 g/mol. The molecule has 0 aliphatic heterocycles. The van der Waals surface area contributed by atoms with Gasteiger partial charge in [-0.25, -0.2) is 0 Å². The second-order valence-electron chi connectivity index (χ2n) is 3.04. The Bertz CT molecular complexity index is 522. The van der Waals surface area contributed by atoms with E-state index in [1.807, 2.05) is 36.4 Å². The third-order valence-corrected chi connectivity index (χ3v) is 4.55. The highest BCUT2D eigenvalue weighted by Crippen LogP contribution is 2.33. The lowest BCUT2D eigenvalue weighted by atomic mass is 10.1. The van der Waals surface area contributed by atoms with E-state index >= 15 is 0 Å². The van der Waals surface area contributed by atoms with Gasteiger partial charge in [-0.1, -0.05) is 35.5 Å². The molecule has 1 N–H and O–H groups in total. The molecule has 0 spiro atoms. The summed E-state index contributed by atoms with van der Waals surface area (Å²) in [5, 5.41) is 12.5. The van der Waals surface area contributed by atoms with Gasteiger partial charge in [-0.15, -0.1) is 11.3 Å². The predicted molar refractivity (Wildman–Crippen MR) is 73.6 cm³/mol. The van der Waals surface area contributed by atoms with Gasteiger partial charge in [0.25, 0.3) is 0 Å². The van der Waals surface area contributed by atoms with E-state index in [4.69, 9.17) is 5.21 Å². The zero-order valence-electron chi connectivity index (χ0n) is 8.02. The fourth-order valence-corrected chi connectivity index (χ4v) is 3.95. The molecule has 2 aromatic rings. The quantitative estimate of drug-likeness (QED) is 0.477. The molecule has 0 unspecified atom stereocenters.